The number of halogens is 1. The van der Waals surface area contributed by atoms with Crippen molar-refractivity contribution in [2.75, 3.05) is 11.9 Å². The Morgan fingerprint density at radius 1 is 1.35 bits per heavy atom. The quantitative estimate of drug-likeness (QED) is 0.869. The molecule has 3 nitrogen and oxygen atoms in total. The average molecular weight is 291 g/mol. The van der Waals surface area contributed by atoms with E-state index in [1.807, 2.05) is 30.3 Å². The van der Waals surface area contributed by atoms with Crippen LogP contribution < -0.4 is 11.1 Å². The van der Waals surface area contributed by atoms with Gasteiger partial charge < -0.3 is 15.5 Å². The molecule has 0 amide bonds. The van der Waals surface area contributed by atoms with E-state index in [0.29, 0.717) is 17.5 Å². The predicted molar refractivity (Wildman–Crippen MR) is 82.1 cm³/mol. The molecule has 3 atom stereocenters. The van der Waals surface area contributed by atoms with Gasteiger partial charge in [0.15, 0.2) is 0 Å². The first kappa shape index (κ1) is 13.5. The third-order valence-corrected chi connectivity index (χ3v) is 4.23. The predicted octanol–water partition coefficient (Wildman–Crippen LogP) is 4.17. The number of rotatable bonds is 5. The lowest BCUT2D eigenvalue weighted by Crippen LogP contribution is -2.20. The van der Waals surface area contributed by atoms with Crippen LogP contribution in [0.15, 0.2) is 40.8 Å². The molecule has 0 aliphatic heterocycles. The lowest BCUT2D eigenvalue weighted by Gasteiger charge is -2.16. The van der Waals surface area contributed by atoms with Crippen LogP contribution in [0.4, 0.5) is 5.69 Å². The van der Waals surface area contributed by atoms with Crippen LogP contribution in [0.5, 0.6) is 0 Å². The van der Waals surface area contributed by atoms with Crippen LogP contribution in [-0.2, 0) is 0 Å². The molecule has 1 heterocycles. The van der Waals surface area contributed by atoms with Crippen molar-refractivity contribution in [1.29, 1.82) is 0 Å². The van der Waals surface area contributed by atoms with Crippen LogP contribution in [0.2, 0.25) is 5.02 Å². The van der Waals surface area contributed by atoms with Gasteiger partial charge in [-0.05, 0) is 36.6 Å². The molecule has 1 aliphatic rings. The van der Waals surface area contributed by atoms with Crippen molar-refractivity contribution in [2.24, 2.45) is 11.7 Å². The largest absolute Gasteiger partial charge is 0.464 e. The van der Waals surface area contributed by atoms with Crippen molar-refractivity contribution in [3.8, 4) is 0 Å². The first-order valence-electron chi connectivity index (χ1n) is 6.99. The maximum Gasteiger partial charge on any atom is 0.127 e. The maximum atomic E-state index is 6.16. The summed E-state index contributed by atoms with van der Waals surface area (Å²) in [5.74, 6) is 3.28. The highest BCUT2D eigenvalue weighted by Gasteiger charge is 2.36. The minimum absolute atomic E-state index is 0.0577. The molecule has 0 spiro atoms. The molecular weight excluding hydrogens is 272 g/mol. The first-order valence-corrected chi connectivity index (χ1v) is 7.37. The van der Waals surface area contributed by atoms with Crippen LogP contribution in [-0.4, -0.2) is 6.54 Å². The molecule has 1 saturated carbocycles. The van der Waals surface area contributed by atoms with E-state index < -0.39 is 0 Å². The van der Waals surface area contributed by atoms with Gasteiger partial charge in [0.1, 0.15) is 11.5 Å². The van der Waals surface area contributed by atoms with Gasteiger partial charge in [-0.2, -0.15) is 0 Å². The lowest BCUT2D eigenvalue weighted by atomic mass is 10.2. The van der Waals surface area contributed by atoms with Crippen LogP contribution in [0.25, 0.3) is 0 Å². The lowest BCUT2D eigenvalue weighted by molar-refractivity contribution is 0.441. The second-order valence-corrected chi connectivity index (χ2v) is 5.88. The maximum absolute atomic E-state index is 6.16. The molecule has 1 aliphatic carbocycles. The zero-order valence-electron chi connectivity index (χ0n) is 11.5. The molecule has 1 aromatic heterocycles. The van der Waals surface area contributed by atoms with Crippen molar-refractivity contribution in [2.45, 2.75) is 25.3 Å². The highest BCUT2D eigenvalue weighted by atomic mass is 35.5. The Morgan fingerprint density at radius 3 is 2.75 bits per heavy atom. The van der Waals surface area contributed by atoms with Crippen molar-refractivity contribution in [1.82, 2.24) is 0 Å². The normalized spacial score (nSPS) is 22.6. The summed E-state index contributed by atoms with van der Waals surface area (Å²) in [5, 5.41) is 4.03. The summed E-state index contributed by atoms with van der Waals surface area (Å²) in [4.78, 5) is 0. The highest BCUT2D eigenvalue weighted by molar-refractivity contribution is 6.33. The molecule has 2 aromatic rings. The van der Waals surface area contributed by atoms with Gasteiger partial charge in [-0.3, -0.25) is 0 Å². The average Bonchev–Trinajstić information content (AvgIpc) is 3.00. The Bertz CT molecular complexity index is 596. The molecule has 0 bridgehead atoms. The Morgan fingerprint density at radius 2 is 2.10 bits per heavy atom. The molecule has 3 rings (SSSR count). The van der Waals surface area contributed by atoms with Crippen molar-refractivity contribution in [3.63, 3.8) is 0 Å². The van der Waals surface area contributed by atoms with Gasteiger partial charge in [0.05, 0.1) is 16.8 Å². The van der Waals surface area contributed by atoms with Gasteiger partial charge in [0.2, 0.25) is 0 Å². The minimum atomic E-state index is -0.0577. The molecule has 1 aromatic carbocycles. The number of furan rings is 1. The standard InChI is InChI=1S/C16H19ClN2O/c1-10-8-11(10)15-6-7-16(20-15)14(9-18)19-13-5-3-2-4-12(13)17/h2-7,10-11,14,19H,8-9,18H2,1H3. The van der Waals surface area contributed by atoms with Crippen LogP contribution >= 0.6 is 11.6 Å². The fourth-order valence-corrected chi connectivity index (χ4v) is 2.68. The second kappa shape index (κ2) is 5.51. The first-order chi connectivity index (χ1) is 9.69. The zero-order valence-corrected chi connectivity index (χ0v) is 12.2. The van der Waals surface area contributed by atoms with E-state index in [4.69, 9.17) is 21.8 Å². The zero-order chi connectivity index (χ0) is 14.1. The van der Waals surface area contributed by atoms with Crippen LogP contribution in [0, 0.1) is 5.92 Å². The van der Waals surface area contributed by atoms with E-state index in [0.717, 1.165) is 23.1 Å². The summed E-state index contributed by atoms with van der Waals surface area (Å²) >= 11 is 6.16. The molecule has 20 heavy (non-hydrogen) atoms. The summed E-state index contributed by atoms with van der Waals surface area (Å²) in [6.45, 7) is 2.70. The number of hydrogen-bond acceptors (Lipinski definition) is 3. The monoisotopic (exact) mass is 290 g/mol. The van der Waals surface area contributed by atoms with E-state index in [-0.39, 0.29) is 6.04 Å². The van der Waals surface area contributed by atoms with Gasteiger partial charge >= 0.3 is 0 Å². The number of anilines is 1. The summed E-state index contributed by atoms with van der Waals surface area (Å²) in [5.41, 5.74) is 6.74. The Labute approximate surface area is 124 Å². The molecule has 3 N–H and O–H groups in total. The smallest absolute Gasteiger partial charge is 0.127 e. The number of nitrogens with one attached hydrogen (secondary N) is 1. The van der Waals surface area contributed by atoms with E-state index in [9.17, 15) is 0 Å². The Hall–Kier alpha value is -1.45. The Balaban J connectivity index is 1.76. The summed E-state index contributed by atoms with van der Waals surface area (Å²) < 4.78 is 5.96. The number of nitrogens with two attached hydrogens (primary N) is 1. The molecule has 1 fully saturated rings. The van der Waals surface area contributed by atoms with Crippen LogP contribution in [0.1, 0.15) is 36.8 Å². The second-order valence-electron chi connectivity index (χ2n) is 5.47. The molecule has 0 saturated heterocycles. The van der Waals surface area contributed by atoms with E-state index in [1.54, 1.807) is 0 Å². The fraction of sp³-hybridized carbons (Fsp3) is 0.375. The van der Waals surface area contributed by atoms with Crippen molar-refractivity contribution in [3.05, 3.63) is 52.9 Å². The van der Waals surface area contributed by atoms with Gasteiger partial charge in [0, 0.05) is 12.5 Å². The summed E-state index contributed by atoms with van der Waals surface area (Å²) in [6, 6.07) is 11.7. The van der Waals surface area contributed by atoms with Gasteiger partial charge in [-0.25, -0.2) is 0 Å². The molecule has 106 valence electrons. The third-order valence-electron chi connectivity index (χ3n) is 3.91. The number of benzene rings is 1. The Kier molecular flexibility index (Phi) is 3.72. The molecule has 4 heteroatoms. The van der Waals surface area contributed by atoms with Gasteiger partial charge in [-0.1, -0.05) is 30.7 Å². The molecule has 3 unspecified atom stereocenters. The van der Waals surface area contributed by atoms with Crippen molar-refractivity contribution < 1.29 is 4.42 Å². The molecule has 0 radical (unpaired) electrons. The number of para-hydroxylation sites is 1. The SMILES string of the molecule is CC1CC1c1ccc(C(CN)Nc2ccccc2Cl)o1. The summed E-state index contributed by atoms with van der Waals surface area (Å²) in [6.07, 6.45) is 1.22. The van der Waals surface area contributed by atoms with E-state index >= 15 is 0 Å². The highest BCUT2D eigenvalue weighted by Crippen LogP contribution is 2.47. The third kappa shape index (κ3) is 2.69. The van der Waals surface area contributed by atoms with Gasteiger partial charge in [0.25, 0.3) is 0 Å². The topological polar surface area (TPSA) is 51.2 Å². The summed E-state index contributed by atoms with van der Waals surface area (Å²) in [7, 11) is 0. The van der Waals surface area contributed by atoms with Crippen molar-refractivity contribution >= 4 is 17.3 Å². The molecular formula is C16H19ClN2O. The van der Waals surface area contributed by atoms with Gasteiger partial charge in [-0.15, -0.1) is 0 Å². The van der Waals surface area contributed by atoms with E-state index in [1.165, 1.54) is 6.42 Å². The number of hydrogen-bond donors (Lipinski definition) is 2. The fourth-order valence-electron chi connectivity index (χ4n) is 2.49. The van der Waals surface area contributed by atoms with Crippen LogP contribution in [0.3, 0.4) is 0 Å². The minimum Gasteiger partial charge on any atom is -0.464 e. The van der Waals surface area contributed by atoms with E-state index in [2.05, 4.69) is 18.3 Å².